The summed E-state index contributed by atoms with van der Waals surface area (Å²) in [6, 6.07) is 7.15. The topological polar surface area (TPSA) is 100 Å². The van der Waals surface area contributed by atoms with Crippen LogP contribution < -0.4 is 11.1 Å². The van der Waals surface area contributed by atoms with Gasteiger partial charge in [0.05, 0.1) is 17.5 Å². The Kier molecular flexibility index (Phi) is 3.61. The molecule has 8 heteroatoms. The second kappa shape index (κ2) is 5.57. The van der Waals surface area contributed by atoms with Gasteiger partial charge in [-0.1, -0.05) is 30.0 Å². The molecule has 2 aliphatic heterocycles. The Labute approximate surface area is 125 Å². The number of aliphatic imine (C=N–C) groups is 1. The number of para-hydroxylation sites is 1. The normalized spacial score (nSPS) is 18.8. The van der Waals surface area contributed by atoms with E-state index < -0.39 is 11.9 Å². The Bertz CT molecular complexity index is 658. The zero-order valence-electron chi connectivity index (χ0n) is 11.0. The van der Waals surface area contributed by atoms with Crippen LogP contribution in [0.5, 0.6) is 0 Å². The maximum absolute atomic E-state index is 11.5. The van der Waals surface area contributed by atoms with Crippen molar-refractivity contribution < 1.29 is 9.59 Å². The highest BCUT2D eigenvalue weighted by Gasteiger charge is 2.32. The highest BCUT2D eigenvalue weighted by Crippen LogP contribution is 2.40. The molecule has 0 bridgehead atoms. The van der Waals surface area contributed by atoms with E-state index in [2.05, 4.69) is 10.1 Å². The summed E-state index contributed by atoms with van der Waals surface area (Å²) in [5.74, 6) is -0.392. The summed E-state index contributed by atoms with van der Waals surface area (Å²) in [7, 11) is 0. The maximum Gasteiger partial charge on any atom is 0.318 e. The number of amides is 3. The van der Waals surface area contributed by atoms with E-state index in [1.54, 1.807) is 0 Å². The molecule has 1 atom stereocenters. The summed E-state index contributed by atoms with van der Waals surface area (Å²) in [5.41, 5.74) is 6.92. The first-order valence-electron chi connectivity index (χ1n) is 6.36. The lowest BCUT2D eigenvalue weighted by Gasteiger charge is -2.29. The summed E-state index contributed by atoms with van der Waals surface area (Å²) >= 11 is 1.23. The number of benzene rings is 1. The first-order valence-corrected chi connectivity index (χ1v) is 7.35. The summed E-state index contributed by atoms with van der Waals surface area (Å²) in [6.07, 6.45) is 2.65. The zero-order chi connectivity index (χ0) is 14.8. The van der Waals surface area contributed by atoms with Gasteiger partial charge in [0.25, 0.3) is 0 Å². The number of imide groups is 1. The molecular weight excluding hydrogens is 290 g/mol. The van der Waals surface area contributed by atoms with Gasteiger partial charge >= 0.3 is 6.03 Å². The van der Waals surface area contributed by atoms with Crippen LogP contribution in [0, 0.1) is 0 Å². The van der Waals surface area contributed by atoms with Crippen LogP contribution in [0.1, 0.15) is 18.0 Å². The Morgan fingerprint density at radius 3 is 3.05 bits per heavy atom. The summed E-state index contributed by atoms with van der Waals surface area (Å²) in [4.78, 5) is 26.6. The molecule has 0 aliphatic carbocycles. The van der Waals surface area contributed by atoms with E-state index in [9.17, 15) is 9.59 Å². The van der Waals surface area contributed by atoms with Crippen LogP contribution in [-0.2, 0) is 4.79 Å². The van der Waals surface area contributed by atoms with Gasteiger partial charge < -0.3 is 5.73 Å². The molecule has 21 heavy (non-hydrogen) atoms. The van der Waals surface area contributed by atoms with Gasteiger partial charge in [-0.15, -0.1) is 0 Å². The Balaban J connectivity index is 1.78. The molecule has 3 N–H and O–H groups in total. The summed E-state index contributed by atoms with van der Waals surface area (Å²) < 4.78 is 0. The van der Waals surface area contributed by atoms with Crippen LogP contribution in [0.25, 0.3) is 0 Å². The average Bonchev–Trinajstić information content (AvgIpc) is 2.94. The quantitative estimate of drug-likeness (QED) is 0.861. The first-order chi connectivity index (χ1) is 10.1. The number of hydrazone groups is 1. The SMILES string of the molecule is NC(=O)NC(=O)CSC1=Nc2ccccc2C2CC=NN12. The molecule has 1 aromatic rings. The van der Waals surface area contributed by atoms with Crippen molar-refractivity contribution in [3.8, 4) is 0 Å². The smallest absolute Gasteiger partial charge is 0.318 e. The van der Waals surface area contributed by atoms with Gasteiger partial charge in [0, 0.05) is 18.2 Å². The van der Waals surface area contributed by atoms with Crippen LogP contribution in [0.15, 0.2) is 34.4 Å². The van der Waals surface area contributed by atoms with Gasteiger partial charge in [-0.05, 0) is 6.07 Å². The molecule has 0 radical (unpaired) electrons. The van der Waals surface area contributed by atoms with Crippen LogP contribution >= 0.6 is 11.8 Å². The van der Waals surface area contributed by atoms with Crippen molar-refractivity contribution in [3.05, 3.63) is 29.8 Å². The molecule has 7 nitrogen and oxygen atoms in total. The zero-order valence-corrected chi connectivity index (χ0v) is 11.8. The van der Waals surface area contributed by atoms with Gasteiger partial charge in [0.2, 0.25) is 5.91 Å². The van der Waals surface area contributed by atoms with Crippen LogP contribution in [0.4, 0.5) is 10.5 Å². The summed E-state index contributed by atoms with van der Waals surface area (Å²) in [6.45, 7) is 0. The predicted molar refractivity (Wildman–Crippen MR) is 81.4 cm³/mol. The molecule has 1 unspecified atom stereocenters. The number of carbonyl (C=O) groups excluding carboxylic acids is 2. The fourth-order valence-electron chi connectivity index (χ4n) is 2.28. The summed E-state index contributed by atoms with van der Waals surface area (Å²) in [5, 5.41) is 8.79. The second-order valence-electron chi connectivity index (χ2n) is 4.55. The molecule has 108 valence electrons. The fraction of sp³-hybridized carbons (Fsp3) is 0.231. The lowest BCUT2D eigenvalue weighted by molar-refractivity contribution is -0.117. The van der Waals surface area contributed by atoms with E-state index in [0.29, 0.717) is 5.17 Å². The van der Waals surface area contributed by atoms with E-state index in [0.717, 1.165) is 17.7 Å². The van der Waals surface area contributed by atoms with E-state index in [4.69, 9.17) is 5.73 Å². The number of hydrogen-bond donors (Lipinski definition) is 2. The molecule has 0 fully saturated rings. The number of amidine groups is 1. The van der Waals surface area contributed by atoms with E-state index in [1.165, 1.54) is 11.8 Å². The van der Waals surface area contributed by atoms with E-state index >= 15 is 0 Å². The minimum Gasteiger partial charge on any atom is -0.351 e. The van der Waals surface area contributed by atoms with Crippen molar-refractivity contribution in [2.24, 2.45) is 15.8 Å². The van der Waals surface area contributed by atoms with Gasteiger partial charge in [0.15, 0.2) is 5.17 Å². The molecule has 0 aromatic heterocycles. The largest absolute Gasteiger partial charge is 0.351 e. The molecule has 2 aliphatic rings. The highest BCUT2D eigenvalue weighted by atomic mass is 32.2. The molecule has 0 saturated carbocycles. The number of rotatable bonds is 2. The van der Waals surface area contributed by atoms with Gasteiger partial charge in [-0.25, -0.2) is 14.8 Å². The second-order valence-corrected chi connectivity index (χ2v) is 5.49. The first kappa shape index (κ1) is 13.6. The van der Waals surface area contributed by atoms with Crippen molar-refractivity contribution in [2.45, 2.75) is 12.5 Å². The van der Waals surface area contributed by atoms with Crippen molar-refractivity contribution >= 4 is 40.8 Å². The maximum atomic E-state index is 11.5. The Morgan fingerprint density at radius 1 is 1.43 bits per heavy atom. The number of carbonyl (C=O) groups is 2. The van der Waals surface area contributed by atoms with E-state index in [-0.39, 0.29) is 11.8 Å². The molecule has 2 heterocycles. The number of nitrogens with one attached hydrogen (secondary N) is 1. The molecular formula is C13H13N5O2S. The minimum absolute atomic E-state index is 0.0582. The lowest BCUT2D eigenvalue weighted by atomic mass is 10.0. The van der Waals surface area contributed by atoms with Crippen molar-refractivity contribution in [1.82, 2.24) is 10.3 Å². The van der Waals surface area contributed by atoms with Crippen molar-refractivity contribution in [3.63, 3.8) is 0 Å². The third-order valence-electron chi connectivity index (χ3n) is 3.13. The number of hydrogen-bond acceptors (Lipinski definition) is 6. The van der Waals surface area contributed by atoms with Crippen LogP contribution in [0.2, 0.25) is 0 Å². The van der Waals surface area contributed by atoms with Crippen LogP contribution in [-0.4, -0.2) is 34.1 Å². The molecule has 1 aromatic carbocycles. The third-order valence-corrected chi connectivity index (χ3v) is 4.08. The molecule has 0 spiro atoms. The molecule has 3 rings (SSSR count). The van der Waals surface area contributed by atoms with Gasteiger partial charge in [-0.3, -0.25) is 10.1 Å². The highest BCUT2D eigenvalue weighted by molar-refractivity contribution is 8.14. The number of nitrogens with two attached hydrogens (primary N) is 1. The monoisotopic (exact) mass is 303 g/mol. The van der Waals surface area contributed by atoms with E-state index in [1.807, 2.05) is 40.8 Å². The number of urea groups is 1. The predicted octanol–water partition coefficient (Wildman–Crippen LogP) is 1.35. The number of primary amides is 1. The Hall–Kier alpha value is -2.35. The Morgan fingerprint density at radius 2 is 2.24 bits per heavy atom. The number of thioether (sulfide) groups is 1. The van der Waals surface area contributed by atoms with Gasteiger partial charge in [-0.2, -0.15) is 5.10 Å². The average molecular weight is 303 g/mol. The lowest BCUT2D eigenvalue weighted by Crippen LogP contribution is -2.37. The standard InChI is InChI=1S/C13H13N5O2S/c14-12(20)17-11(19)7-21-13-16-9-4-2-1-3-8(9)10-5-6-15-18(10)13/h1-4,6,10H,5,7H2,(H3,14,17,19,20). The van der Waals surface area contributed by atoms with Gasteiger partial charge in [0.1, 0.15) is 0 Å². The molecule has 3 amide bonds. The molecule has 0 saturated heterocycles. The third kappa shape index (κ3) is 2.75. The van der Waals surface area contributed by atoms with Crippen LogP contribution in [0.3, 0.4) is 0 Å². The number of fused-ring (bicyclic) bond motifs is 3. The fourth-order valence-corrected chi connectivity index (χ4v) is 3.09. The van der Waals surface area contributed by atoms with Crippen molar-refractivity contribution in [1.29, 1.82) is 0 Å². The minimum atomic E-state index is -0.853. The number of nitrogens with zero attached hydrogens (tertiary/aromatic N) is 3. The van der Waals surface area contributed by atoms with Crippen molar-refractivity contribution in [2.75, 3.05) is 5.75 Å².